The van der Waals surface area contributed by atoms with E-state index in [4.69, 9.17) is 16.4 Å². The van der Waals surface area contributed by atoms with E-state index in [0.717, 1.165) is 6.07 Å². The Kier molecular flexibility index (Phi) is 5.89. The molecular formula is C16H18F3N7O. The number of carbonyl (C=O) groups excluding carboxylic acids is 1. The van der Waals surface area contributed by atoms with E-state index in [-0.39, 0.29) is 30.4 Å². The van der Waals surface area contributed by atoms with Crippen LogP contribution in [0.2, 0.25) is 0 Å². The lowest BCUT2D eigenvalue weighted by atomic mass is 10.1. The molecule has 0 aliphatic carbocycles. The Morgan fingerprint density at radius 1 is 1.33 bits per heavy atom. The molecule has 4 N–H and O–H groups in total. The first-order valence-electron chi connectivity index (χ1n) is 7.93. The fraction of sp³-hybridized carbons (Fsp3) is 0.375. The van der Waals surface area contributed by atoms with Crippen molar-refractivity contribution in [2.24, 2.45) is 10.8 Å². The Morgan fingerprint density at radius 2 is 1.96 bits per heavy atom. The first-order valence-corrected chi connectivity index (χ1v) is 7.93. The number of anilines is 2. The average molecular weight is 381 g/mol. The minimum Gasteiger partial charge on any atom is -0.382 e. The molecule has 0 spiro atoms. The number of amides is 1. The van der Waals surface area contributed by atoms with Crippen LogP contribution in [0, 0.1) is 16.7 Å². The third kappa shape index (κ3) is 4.87. The Labute approximate surface area is 153 Å². The van der Waals surface area contributed by atoms with Gasteiger partial charge in [-0.25, -0.2) is 0 Å². The Morgan fingerprint density at radius 3 is 2.44 bits per heavy atom. The second kappa shape index (κ2) is 7.94. The van der Waals surface area contributed by atoms with Crippen molar-refractivity contribution in [3.63, 3.8) is 0 Å². The van der Waals surface area contributed by atoms with E-state index in [0.29, 0.717) is 13.1 Å². The normalized spacial score (nSPS) is 15.3. The molecule has 0 aromatic heterocycles. The highest BCUT2D eigenvalue weighted by Crippen LogP contribution is 2.38. The van der Waals surface area contributed by atoms with Crippen molar-refractivity contribution in [3.05, 3.63) is 23.8 Å². The van der Waals surface area contributed by atoms with Crippen molar-refractivity contribution >= 4 is 28.8 Å². The van der Waals surface area contributed by atoms with Gasteiger partial charge in [-0.1, -0.05) is 0 Å². The molecule has 144 valence electrons. The van der Waals surface area contributed by atoms with E-state index in [1.807, 2.05) is 0 Å². The molecule has 0 bridgehead atoms. The van der Waals surface area contributed by atoms with E-state index < -0.39 is 23.3 Å². The van der Waals surface area contributed by atoms with Gasteiger partial charge in [0.15, 0.2) is 5.84 Å². The number of hydrogen-bond acceptors (Lipinski definition) is 6. The average Bonchev–Trinajstić information content (AvgIpc) is 2.61. The second-order valence-corrected chi connectivity index (χ2v) is 5.82. The molecule has 0 radical (unpaired) electrons. The van der Waals surface area contributed by atoms with Crippen LogP contribution in [0.15, 0.2) is 23.3 Å². The van der Waals surface area contributed by atoms with E-state index in [1.165, 1.54) is 19.1 Å². The van der Waals surface area contributed by atoms with Crippen LogP contribution in [0.25, 0.3) is 0 Å². The summed E-state index contributed by atoms with van der Waals surface area (Å²) in [5.41, 5.74) is 6.17. The van der Waals surface area contributed by atoms with Crippen molar-refractivity contribution < 1.29 is 18.0 Å². The number of nitrogens with two attached hydrogens (primary N) is 1. The van der Waals surface area contributed by atoms with E-state index in [1.54, 1.807) is 15.9 Å². The van der Waals surface area contributed by atoms with Crippen LogP contribution in [0.1, 0.15) is 12.5 Å². The van der Waals surface area contributed by atoms with Gasteiger partial charge < -0.3 is 15.5 Å². The number of hydrazone groups is 1. The highest BCUT2D eigenvalue weighted by Gasteiger charge is 2.36. The SMILES string of the molecule is CC(=O)N1CCN(c2ccc(N/N=C(\C#N)C(=N)N)cc2C(F)(F)F)CC1. The topological polar surface area (TPSA) is 122 Å². The molecule has 8 nitrogen and oxygen atoms in total. The van der Waals surface area contributed by atoms with Crippen molar-refractivity contribution in [1.29, 1.82) is 10.7 Å². The van der Waals surface area contributed by atoms with Gasteiger partial charge in [-0.3, -0.25) is 15.6 Å². The van der Waals surface area contributed by atoms with Gasteiger partial charge in [0.1, 0.15) is 6.07 Å². The lowest BCUT2D eigenvalue weighted by Crippen LogP contribution is -2.48. The summed E-state index contributed by atoms with van der Waals surface area (Å²) in [7, 11) is 0. The third-order valence-corrected chi connectivity index (χ3v) is 4.03. The lowest BCUT2D eigenvalue weighted by Gasteiger charge is -2.36. The Balaban J connectivity index is 2.28. The fourth-order valence-electron chi connectivity index (χ4n) is 2.64. The molecule has 1 saturated heterocycles. The quantitative estimate of drug-likeness (QED) is 0.415. The number of nitrogens with zero attached hydrogens (tertiary/aromatic N) is 4. The lowest BCUT2D eigenvalue weighted by molar-refractivity contribution is -0.137. The molecule has 1 aromatic carbocycles. The van der Waals surface area contributed by atoms with Crippen molar-refractivity contribution in [2.45, 2.75) is 13.1 Å². The van der Waals surface area contributed by atoms with E-state index in [2.05, 4.69) is 10.5 Å². The molecule has 2 rings (SSSR count). The Hall–Kier alpha value is -3.29. The molecule has 1 amide bonds. The van der Waals surface area contributed by atoms with Gasteiger partial charge in [-0.05, 0) is 18.2 Å². The molecule has 1 aliphatic heterocycles. The van der Waals surface area contributed by atoms with Crippen LogP contribution in [0.3, 0.4) is 0 Å². The number of rotatable bonds is 4. The molecule has 1 aromatic rings. The van der Waals surface area contributed by atoms with E-state index in [9.17, 15) is 18.0 Å². The first kappa shape index (κ1) is 20.0. The molecule has 1 aliphatic rings. The van der Waals surface area contributed by atoms with Gasteiger partial charge in [0.05, 0.1) is 11.3 Å². The number of alkyl halides is 3. The number of carbonyl (C=O) groups is 1. The van der Waals surface area contributed by atoms with Gasteiger partial charge in [-0.15, -0.1) is 0 Å². The summed E-state index contributed by atoms with van der Waals surface area (Å²) in [5.74, 6) is -0.706. The maximum Gasteiger partial charge on any atom is 0.418 e. The summed E-state index contributed by atoms with van der Waals surface area (Å²) >= 11 is 0. The summed E-state index contributed by atoms with van der Waals surface area (Å²) in [6, 6.07) is 5.15. The molecule has 0 saturated carbocycles. The number of halogens is 3. The molecular weight excluding hydrogens is 363 g/mol. The number of hydrogen-bond donors (Lipinski definition) is 3. The van der Waals surface area contributed by atoms with Crippen molar-refractivity contribution in [1.82, 2.24) is 4.90 Å². The summed E-state index contributed by atoms with van der Waals surface area (Å²) < 4.78 is 40.6. The van der Waals surface area contributed by atoms with Gasteiger partial charge in [0.2, 0.25) is 11.6 Å². The van der Waals surface area contributed by atoms with Crippen LogP contribution < -0.4 is 16.1 Å². The molecule has 1 fully saturated rings. The Bertz CT molecular complexity index is 805. The maximum absolute atomic E-state index is 13.5. The number of piperazine rings is 1. The minimum absolute atomic E-state index is 0.00227. The fourth-order valence-corrected chi connectivity index (χ4v) is 2.64. The highest BCUT2D eigenvalue weighted by molar-refractivity contribution is 6.45. The largest absolute Gasteiger partial charge is 0.418 e. The summed E-state index contributed by atoms with van der Waals surface area (Å²) in [4.78, 5) is 14.5. The molecule has 1 heterocycles. The van der Waals surface area contributed by atoms with Gasteiger partial charge in [0, 0.05) is 38.8 Å². The third-order valence-electron chi connectivity index (χ3n) is 4.03. The molecule has 0 atom stereocenters. The van der Waals surface area contributed by atoms with E-state index >= 15 is 0 Å². The van der Waals surface area contributed by atoms with Gasteiger partial charge in [0.25, 0.3) is 0 Å². The number of benzene rings is 1. The standard InChI is InChI=1S/C16H18F3N7O/c1-10(27)25-4-6-26(7-5-25)14-3-2-11(8-12(14)16(17,18)19)23-24-13(9-20)15(21)22/h2-3,8,23H,4-7H2,1H3,(H3,21,22)/b24-13+. The maximum atomic E-state index is 13.5. The zero-order chi connectivity index (χ0) is 20.2. The predicted molar refractivity (Wildman–Crippen MR) is 94.5 cm³/mol. The van der Waals surface area contributed by atoms with Crippen LogP contribution in [0.5, 0.6) is 0 Å². The smallest absolute Gasteiger partial charge is 0.382 e. The number of nitriles is 1. The van der Waals surface area contributed by atoms with Gasteiger partial charge in [-0.2, -0.15) is 23.5 Å². The first-order chi connectivity index (χ1) is 12.6. The summed E-state index contributed by atoms with van der Waals surface area (Å²) in [6.45, 7) is 2.70. The number of nitrogens with one attached hydrogen (secondary N) is 2. The minimum atomic E-state index is -4.60. The summed E-state index contributed by atoms with van der Waals surface area (Å²) in [6.07, 6.45) is -4.60. The van der Waals surface area contributed by atoms with Crippen LogP contribution in [0.4, 0.5) is 24.5 Å². The molecule has 27 heavy (non-hydrogen) atoms. The molecule has 0 unspecified atom stereocenters. The van der Waals surface area contributed by atoms with Crippen molar-refractivity contribution in [3.8, 4) is 6.07 Å². The second-order valence-electron chi connectivity index (χ2n) is 5.82. The monoisotopic (exact) mass is 381 g/mol. The van der Waals surface area contributed by atoms with Crippen LogP contribution in [-0.4, -0.2) is 48.5 Å². The summed E-state index contributed by atoms with van der Waals surface area (Å²) in [5, 5.41) is 19.5. The predicted octanol–water partition coefficient (Wildman–Crippen LogP) is 1.60. The highest BCUT2D eigenvalue weighted by atomic mass is 19.4. The zero-order valence-corrected chi connectivity index (χ0v) is 14.5. The van der Waals surface area contributed by atoms with Crippen LogP contribution in [-0.2, 0) is 11.0 Å². The van der Waals surface area contributed by atoms with Gasteiger partial charge >= 0.3 is 6.18 Å². The number of amidine groups is 1. The molecule has 11 heteroatoms. The van der Waals surface area contributed by atoms with Crippen LogP contribution >= 0.6 is 0 Å². The zero-order valence-electron chi connectivity index (χ0n) is 14.5. The van der Waals surface area contributed by atoms with Crippen molar-refractivity contribution in [2.75, 3.05) is 36.5 Å².